The first-order chi connectivity index (χ1) is 18.2. The highest BCUT2D eigenvalue weighted by Crippen LogP contribution is 2.19. The minimum Gasteiger partial charge on any atom is -0.494 e. The fourth-order valence-corrected chi connectivity index (χ4v) is 4.38. The van der Waals surface area contributed by atoms with Gasteiger partial charge in [-0.1, -0.05) is 60.5 Å². The highest BCUT2D eigenvalue weighted by molar-refractivity contribution is 6.30. The number of amides is 1. The third kappa shape index (κ3) is 8.50. The Hall–Kier alpha value is -3.57. The second kappa shape index (κ2) is 14.2. The van der Waals surface area contributed by atoms with Crippen LogP contribution < -0.4 is 10.1 Å². The molecule has 1 heterocycles. The van der Waals surface area contributed by atoms with E-state index in [1.807, 2.05) is 66.7 Å². The summed E-state index contributed by atoms with van der Waals surface area (Å²) in [5, 5.41) is 3.69. The van der Waals surface area contributed by atoms with Crippen molar-refractivity contribution in [1.29, 1.82) is 0 Å². The van der Waals surface area contributed by atoms with E-state index in [1.165, 1.54) is 5.52 Å². The van der Waals surface area contributed by atoms with Crippen LogP contribution in [0.25, 0.3) is 17.1 Å². The standard InChI is InChI=1S/C31H34ClN3O2/c32-26-17-19-27(20-18-26)37-24-10-9-23-35-29-14-7-6-13-28(29)34-30(35)15-5-2-8-22-33-31(36)21-16-25-11-3-1-4-12-25/h1,3-4,6-7,11-14,16-21H,2,5,8-10,15,22-24H2,(H,33,36)/b21-16+. The van der Waals surface area contributed by atoms with Gasteiger partial charge < -0.3 is 14.6 Å². The molecule has 6 heteroatoms. The summed E-state index contributed by atoms with van der Waals surface area (Å²) in [7, 11) is 0. The number of nitrogens with zero attached hydrogens (tertiary/aromatic N) is 2. The van der Waals surface area contributed by atoms with Gasteiger partial charge in [0.1, 0.15) is 11.6 Å². The van der Waals surface area contributed by atoms with Gasteiger partial charge in [0, 0.05) is 30.6 Å². The van der Waals surface area contributed by atoms with Crippen LogP contribution in [-0.2, 0) is 17.8 Å². The van der Waals surface area contributed by atoms with Crippen molar-refractivity contribution in [2.24, 2.45) is 0 Å². The summed E-state index contributed by atoms with van der Waals surface area (Å²) < 4.78 is 8.19. The van der Waals surface area contributed by atoms with Crippen LogP contribution in [0.3, 0.4) is 0 Å². The Morgan fingerprint density at radius 3 is 2.51 bits per heavy atom. The first-order valence-electron chi connectivity index (χ1n) is 13.0. The molecule has 0 bridgehead atoms. The predicted molar refractivity (Wildman–Crippen MR) is 152 cm³/mol. The number of unbranched alkanes of at least 4 members (excludes halogenated alkanes) is 3. The van der Waals surface area contributed by atoms with E-state index >= 15 is 0 Å². The van der Waals surface area contributed by atoms with Gasteiger partial charge in [-0.05, 0) is 73.7 Å². The zero-order valence-corrected chi connectivity index (χ0v) is 21.9. The number of benzene rings is 3. The Morgan fingerprint density at radius 1 is 0.892 bits per heavy atom. The first-order valence-corrected chi connectivity index (χ1v) is 13.4. The molecule has 0 atom stereocenters. The molecule has 1 amide bonds. The molecule has 192 valence electrons. The average Bonchev–Trinajstić information content (AvgIpc) is 3.28. The number of ether oxygens (including phenoxy) is 1. The van der Waals surface area contributed by atoms with E-state index in [1.54, 1.807) is 6.08 Å². The molecule has 0 aliphatic carbocycles. The number of para-hydroxylation sites is 2. The highest BCUT2D eigenvalue weighted by Gasteiger charge is 2.10. The van der Waals surface area contributed by atoms with Gasteiger partial charge in [0.05, 0.1) is 17.6 Å². The quantitative estimate of drug-likeness (QED) is 0.144. The number of aryl methyl sites for hydroxylation is 2. The molecule has 0 fully saturated rings. The molecular weight excluding hydrogens is 482 g/mol. The lowest BCUT2D eigenvalue weighted by Gasteiger charge is -2.10. The number of imidazole rings is 1. The summed E-state index contributed by atoms with van der Waals surface area (Å²) in [4.78, 5) is 16.9. The number of hydrogen-bond donors (Lipinski definition) is 1. The van der Waals surface area contributed by atoms with Gasteiger partial charge >= 0.3 is 0 Å². The minimum atomic E-state index is -0.0503. The van der Waals surface area contributed by atoms with E-state index in [0.717, 1.165) is 67.7 Å². The molecule has 0 aliphatic heterocycles. The van der Waals surface area contributed by atoms with Crippen molar-refractivity contribution in [1.82, 2.24) is 14.9 Å². The summed E-state index contributed by atoms with van der Waals surface area (Å²) in [5.41, 5.74) is 3.26. The normalized spacial score (nSPS) is 11.3. The largest absolute Gasteiger partial charge is 0.494 e. The number of carbonyl (C=O) groups excluding carboxylic acids is 1. The van der Waals surface area contributed by atoms with E-state index in [9.17, 15) is 4.79 Å². The second-order valence-electron chi connectivity index (χ2n) is 9.02. The molecular formula is C31H34ClN3O2. The molecule has 1 N–H and O–H groups in total. The molecule has 0 saturated heterocycles. The number of fused-ring (bicyclic) bond motifs is 1. The zero-order chi connectivity index (χ0) is 25.7. The molecule has 0 aliphatic rings. The Bertz CT molecular complexity index is 1280. The van der Waals surface area contributed by atoms with Crippen molar-refractivity contribution in [2.75, 3.05) is 13.2 Å². The maximum absolute atomic E-state index is 12.0. The zero-order valence-electron chi connectivity index (χ0n) is 21.1. The molecule has 5 nitrogen and oxygen atoms in total. The molecule has 1 aromatic heterocycles. The maximum atomic E-state index is 12.0. The van der Waals surface area contributed by atoms with E-state index in [0.29, 0.717) is 18.2 Å². The third-order valence-electron chi connectivity index (χ3n) is 6.20. The predicted octanol–water partition coefficient (Wildman–Crippen LogP) is 7.09. The van der Waals surface area contributed by atoms with E-state index < -0.39 is 0 Å². The Kier molecular flexibility index (Phi) is 10.2. The molecule has 0 unspecified atom stereocenters. The Morgan fingerprint density at radius 2 is 1.68 bits per heavy atom. The van der Waals surface area contributed by atoms with Gasteiger partial charge in [-0.25, -0.2) is 4.98 Å². The van der Waals surface area contributed by atoms with Crippen LogP contribution >= 0.6 is 11.6 Å². The van der Waals surface area contributed by atoms with Crippen molar-refractivity contribution in [2.45, 2.75) is 45.1 Å². The number of hydrogen-bond acceptors (Lipinski definition) is 3. The van der Waals surface area contributed by atoms with Crippen molar-refractivity contribution in [3.63, 3.8) is 0 Å². The Labute approximate surface area is 224 Å². The summed E-state index contributed by atoms with van der Waals surface area (Å²) in [5.74, 6) is 1.93. The van der Waals surface area contributed by atoms with Gasteiger partial charge in [0.15, 0.2) is 0 Å². The van der Waals surface area contributed by atoms with Crippen molar-refractivity contribution < 1.29 is 9.53 Å². The molecule has 4 aromatic rings. The van der Waals surface area contributed by atoms with Crippen molar-refractivity contribution in [3.8, 4) is 5.75 Å². The minimum absolute atomic E-state index is 0.0503. The number of rotatable bonds is 14. The maximum Gasteiger partial charge on any atom is 0.243 e. The van der Waals surface area contributed by atoms with Crippen LogP contribution in [-0.4, -0.2) is 28.6 Å². The number of halogens is 1. The second-order valence-corrected chi connectivity index (χ2v) is 9.46. The van der Waals surface area contributed by atoms with Gasteiger partial charge in [0.25, 0.3) is 0 Å². The lowest BCUT2D eigenvalue weighted by molar-refractivity contribution is -0.116. The summed E-state index contributed by atoms with van der Waals surface area (Å²) in [6.45, 7) is 2.28. The van der Waals surface area contributed by atoms with Gasteiger partial charge in [0.2, 0.25) is 5.91 Å². The molecule has 0 radical (unpaired) electrons. The van der Waals surface area contributed by atoms with Gasteiger partial charge in [-0.2, -0.15) is 0 Å². The monoisotopic (exact) mass is 515 g/mol. The molecule has 37 heavy (non-hydrogen) atoms. The molecule has 4 rings (SSSR count). The lowest BCUT2D eigenvalue weighted by atomic mass is 10.2. The number of aromatic nitrogens is 2. The summed E-state index contributed by atoms with van der Waals surface area (Å²) in [6.07, 6.45) is 9.38. The van der Waals surface area contributed by atoms with E-state index in [4.69, 9.17) is 21.3 Å². The van der Waals surface area contributed by atoms with Crippen molar-refractivity contribution >= 4 is 34.6 Å². The fraction of sp³-hybridized carbons (Fsp3) is 0.290. The lowest BCUT2D eigenvalue weighted by Crippen LogP contribution is -2.22. The summed E-state index contributed by atoms with van der Waals surface area (Å²) >= 11 is 5.94. The van der Waals surface area contributed by atoms with Gasteiger partial charge in [-0.15, -0.1) is 0 Å². The van der Waals surface area contributed by atoms with Crippen molar-refractivity contribution in [3.05, 3.63) is 101 Å². The fourth-order valence-electron chi connectivity index (χ4n) is 4.25. The third-order valence-corrected chi connectivity index (χ3v) is 6.45. The highest BCUT2D eigenvalue weighted by atomic mass is 35.5. The van der Waals surface area contributed by atoms with Crippen LogP contribution in [0.2, 0.25) is 5.02 Å². The average molecular weight is 516 g/mol. The van der Waals surface area contributed by atoms with Crippen LogP contribution in [0.15, 0.2) is 84.9 Å². The molecule has 0 spiro atoms. The van der Waals surface area contributed by atoms with E-state index in [2.05, 4.69) is 28.1 Å². The Balaban J connectivity index is 1.18. The number of carbonyl (C=O) groups is 1. The van der Waals surface area contributed by atoms with Crippen LogP contribution in [0.1, 0.15) is 43.5 Å². The van der Waals surface area contributed by atoms with E-state index in [-0.39, 0.29) is 5.91 Å². The van der Waals surface area contributed by atoms with Crippen LogP contribution in [0.4, 0.5) is 0 Å². The van der Waals surface area contributed by atoms with Crippen LogP contribution in [0.5, 0.6) is 5.75 Å². The molecule has 3 aromatic carbocycles. The first kappa shape index (κ1) is 26.5. The number of nitrogens with one attached hydrogen (secondary N) is 1. The summed E-state index contributed by atoms with van der Waals surface area (Å²) in [6, 6.07) is 25.7. The smallest absolute Gasteiger partial charge is 0.243 e. The SMILES string of the molecule is O=C(/C=C/c1ccccc1)NCCCCCc1nc2ccccc2n1CCCCOc1ccc(Cl)cc1. The van der Waals surface area contributed by atoms with Gasteiger partial charge in [-0.3, -0.25) is 4.79 Å². The van der Waals surface area contributed by atoms with Crippen LogP contribution in [0, 0.1) is 0 Å². The topological polar surface area (TPSA) is 56.2 Å². The molecule has 0 saturated carbocycles.